The molecule has 0 aliphatic carbocycles. The molecule has 2 aromatic rings. The summed E-state index contributed by atoms with van der Waals surface area (Å²) >= 11 is 1.49. The monoisotopic (exact) mass is 313 g/mol. The molecule has 7 nitrogen and oxygen atoms in total. The largest absolute Gasteiger partial charge is 0.368 e. The molecule has 0 saturated carbocycles. The van der Waals surface area contributed by atoms with Crippen LogP contribution in [0.25, 0.3) is 0 Å². The van der Waals surface area contributed by atoms with Crippen LogP contribution in [0, 0.1) is 0 Å². The Labute approximate surface area is 121 Å². The molecule has 3 N–H and O–H groups in total. The van der Waals surface area contributed by atoms with Crippen LogP contribution in [0.1, 0.15) is 29.8 Å². The van der Waals surface area contributed by atoms with Gasteiger partial charge in [-0.2, -0.15) is 0 Å². The number of nitrogen functional groups attached to an aromatic ring is 1. The van der Waals surface area contributed by atoms with Gasteiger partial charge in [0.1, 0.15) is 9.90 Å². The molecule has 2 aromatic heterocycles. The average molecular weight is 313 g/mol. The molecule has 2 rings (SSSR count). The molecule has 0 fully saturated rings. The van der Waals surface area contributed by atoms with Gasteiger partial charge in [0.25, 0.3) is 0 Å². The van der Waals surface area contributed by atoms with Crippen LogP contribution < -0.4 is 10.5 Å². The molecule has 0 bridgehead atoms. The number of hydrogen-bond acceptors (Lipinski definition) is 7. The molecule has 0 spiro atoms. The van der Waals surface area contributed by atoms with Gasteiger partial charge in [-0.3, -0.25) is 0 Å². The predicted octanol–water partition coefficient (Wildman–Crippen LogP) is 1.12. The van der Waals surface area contributed by atoms with E-state index in [-0.39, 0.29) is 10.8 Å². The van der Waals surface area contributed by atoms with Crippen LogP contribution in [0.5, 0.6) is 0 Å². The summed E-state index contributed by atoms with van der Waals surface area (Å²) < 4.78 is 26.8. The van der Waals surface area contributed by atoms with Gasteiger partial charge in [0, 0.05) is 11.1 Å². The first-order chi connectivity index (χ1) is 9.42. The van der Waals surface area contributed by atoms with Crippen molar-refractivity contribution >= 4 is 27.3 Å². The highest BCUT2D eigenvalue weighted by Gasteiger charge is 2.21. The van der Waals surface area contributed by atoms with Gasteiger partial charge in [-0.1, -0.05) is 6.92 Å². The Morgan fingerprint density at radius 2 is 1.95 bits per heavy atom. The van der Waals surface area contributed by atoms with E-state index in [4.69, 9.17) is 5.73 Å². The van der Waals surface area contributed by atoms with E-state index in [0.717, 1.165) is 16.3 Å². The van der Waals surface area contributed by atoms with Crippen molar-refractivity contribution in [2.24, 2.45) is 0 Å². The first-order valence-corrected chi connectivity index (χ1v) is 8.26. The minimum atomic E-state index is -3.69. The molecule has 0 amide bonds. The van der Waals surface area contributed by atoms with Gasteiger partial charge < -0.3 is 5.73 Å². The highest BCUT2D eigenvalue weighted by molar-refractivity contribution is 7.89. The van der Waals surface area contributed by atoms with E-state index >= 15 is 0 Å². The maximum Gasteiger partial charge on any atom is 0.244 e. The van der Waals surface area contributed by atoms with Crippen molar-refractivity contribution in [2.45, 2.75) is 31.2 Å². The first-order valence-electron chi connectivity index (χ1n) is 5.97. The molecule has 0 aliphatic rings. The van der Waals surface area contributed by atoms with Gasteiger partial charge in [-0.25, -0.2) is 28.1 Å². The zero-order chi connectivity index (χ0) is 14.8. The van der Waals surface area contributed by atoms with Crippen LogP contribution in [0.3, 0.4) is 0 Å². The van der Waals surface area contributed by atoms with E-state index in [1.165, 1.54) is 23.7 Å². The summed E-state index contributed by atoms with van der Waals surface area (Å²) in [6, 6.07) is -0.414. The maximum atomic E-state index is 12.1. The van der Waals surface area contributed by atoms with Crippen molar-refractivity contribution in [3.63, 3.8) is 0 Å². The first kappa shape index (κ1) is 14.8. The molecule has 0 saturated heterocycles. The Morgan fingerprint density at radius 1 is 1.30 bits per heavy atom. The van der Waals surface area contributed by atoms with E-state index in [9.17, 15) is 8.42 Å². The second-order valence-corrected chi connectivity index (χ2v) is 7.00. The zero-order valence-electron chi connectivity index (χ0n) is 11.1. The molecule has 1 atom stereocenters. The molecular formula is C11H15N5O2S2. The van der Waals surface area contributed by atoms with Crippen molar-refractivity contribution in [2.75, 3.05) is 5.73 Å². The van der Waals surface area contributed by atoms with Gasteiger partial charge in [-0.05, 0) is 13.3 Å². The third-order valence-corrected chi connectivity index (χ3v) is 5.40. The van der Waals surface area contributed by atoms with Crippen molar-refractivity contribution in [1.29, 1.82) is 0 Å². The molecule has 20 heavy (non-hydrogen) atoms. The molecule has 2 heterocycles. The smallest absolute Gasteiger partial charge is 0.244 e. The van der Waals surface area contributed by atoms with E-state index in [2.05, 4.69) is 19.7 Å². The Kier molecular flexibility index (Phi) is 4.31. The van der Waals surface area contributed by atoms with Crippen molar-refractivity contribution in [3.05, 3.63) is 28.5 Å². The van der Waals surface area contributed by atoms with Gasteiger partial charge in [0.2, 0.25) is 16.0 Å². The van der Waals surface area contributed by atoms with Crippen LogP contribution in [-0.4, -0.2) is 23.4 Å². The number of sulfonamides is 1. The van der Waals surface area contributed by atoms with Crippen LogP contribution in [0.15, 0.2) is 23.5 Å². The van der Waals surface area contributed by atoms with Crippen LogP contribution >= 0.6 is 11.3 Å². The molecule has 0 aliphatic heterocycles. The number of aryl methyl sites for hydroxylation is 1. The second kappa shape index (κ2) is 5.81. The van der Waals surface area contributed by atoms with Crippen LogP contribution in [0.2, 0.25) is 0 Å². The summed E-state index contributed by atoms with van der Waals surface area (Å²) in [7, 11) is -3.69. The number of anilines is 1. The SMILES string of the molecule is CCc1cnc(C(C)NS(=O)(=O)c2cnc(N)nc2)s1. The summed E-state index contributed by atoms with van der Waals surface area (Å²) in [6.45, 7) is 3.77. The van der Waals surface area contributed by atoms with Crippen molar-refractivity contribution in [3.8, 4) is 0 Å². The third kappa shape index (κ3) is 3.30. The number of rotatable bonds is 5. The lowest BCUT2D eigenvalue weighted by Gasteiger charge is -2.11. The topological polar surface area (TPSA) is 111 Å². The quantitative estimate of drug-likeness (QED) is 0.855. The minimum Gasteiger partial charge on any atom is -0.368 e. The third-order valence-electron chi connectivity index (χ3n) is 2.58. The molecule has 9 heteroatoms. The fourth-order valence-electron chi connectivity index (χ4n) is 1.50. The lowest BCUT2D eigenvalue weighted by Crippen LogP contribution is -2.27. The number of hydrogen-bond donors (Lipinski definition) is 2. The predicted molar refractivity (Wildman–Crippen MR) is 76.7 cm³/mol. The number of aromatic nitrogens is 3. The molecule has 108 valence electrons. The van der Waals surface area contributed by atoms with Crippen LogP contribution in [0.4, 0.5) is 5.95 Å². The summed E-state index contributed by atoms with van der Waals surface area (Å²) in [5.74, 6) is 0.0320. The number of thiazole rings is 1. The van der Waals surface area contributed by atoms with E-state index in [1.54, 1.807) is 13.1 Å². The Bertz CT molecular complexity index is 681. The normalized spacial score (nSPS) is 13.3. The summed E-state index contributed by atoms with van der Waals surface area (Å²) in [5.41, 5.74) is 5.33. The highest BCUT2D eigenvalue weighted by Crippen LogP contribution is 2.22. The maximum absolute atomic E-state index is 12.1. The van der Waals surface area contributed by atoms with Gasteiger partial charge in [0.15, 0.2) is 0 Å². The van der Waals surface area contributed by atoms with Gasteiger partial charge in [0.05, 0.1) is 18.4 Å². The molecular weight excluding hydrogens is 298 g/mol. The molecule has 1 unspecified atom stereocenters. The Morgan fingerprint density at radius 3 is 2.50 bits per heavy atom. The number of nitrogens with one attached hydrogen (secondary N) is 1. The van der Waals surface area contributed by atoms with Crippen molar-refractivity contribution < 1.29 is 8.42 Å². The van der Waals surface area contributed by atoms with E-state index in [1.807, 2.05) is 6.92 Å². The average Bonchev–Trinajstić information content (AvgIpc) is 2.87. The zero-order valence-corrected chi connectivity index (χ0v) is 12.7. The standard InChI is InChI=1S/C11H15N5O2S2/c1-3-8-4-13-10(19-8)7(2)16-20(17,18)9-5-14-11(12)15-6-9/h4-7,16H,3H2,1-2H3,(H2,12,14,15). The summed E-state index contributed by atoms with van der Waals surface area (Å²) in [4.78, 5) is 12.7. The van der Waals surface area contributed by atoms with Gasteiger partial charge in [-0.15, -0.1) is 11.3 Å². The van der Waals surface area contributed by atoms with Crippen molar-refractivity contribution in [1.82, 2.24) is 19.7 Å². The summed E-state index contributed by atoms with van der Waals surface area (Å²) in [5, 5.41) is 0.724. The fourth-order valence-corrected chi connectivity index (χ4v) is 3.53. The van der Waals surface area contributed by atoms with E-state index in [0.29, 0.717) is 0 Å². The van der Waals surface area contributed by atoms with Crippen LogP contribution in [-0.2, 0) is 16.4 Å². The Balaban J connectivity index is 2.17. The van der Waals surface area contributed by atoms with E-state index < -0.39 is 16.1 Å². The minimum absolute atomic E-state index is 0.0224. The lowest BCUT2D eigenvalue weighted by molar-refractivity contribution is 0.565. The Hall–Kier alpha value is -1.58. The fraction of sp³-hybridized carbons (Fsp3) is 0.364. The molecule has 0 aromatic carbocycles. The second-order valence-electron chi connectivity index (χ2n) is 4.14. The lowest BCUT2D eigenvalue weighted by atomic mass is 10.4. The number of nitrogens with two attached hydrogens (primary N) is 1. The number of nitrogens with zero attached hydrogens (tertiary/aromatic N) is 3. The highest BCUT2D eigenvalue weighted by atomic mass is 32.2. The summed E-state index contributed by atoms with van der Waals surface area (Å²) in [6.07, 6.45) is 4.99. The molecule has 0 radical (unpaired) electrons. The van der Waals surface area contributed by atoms with Gasteiger partial charge >= 0.3 is 0 Å².